The van der Waals surface area contributed by atoms with E-state index in [1.807, 2.05) is 0 Å². The zero-order valence-electron chi connectivity index (χ0n) is 10.8. The number of unbranched alkanes of at least 4 members (excludes halogenated alkanes) is 4. The first-order chi connectivity index (χ1) is 7.83. The molecule has 1 saturated carbocycles. The number of ether oxygens (including phenoxy) is 1. The SMILES string of the molecule is C=C(CNC1CC1)COCCCCCCC. The second-order valence-corrected chi connectivity index (χ2v) is 4.87. The predicted octanol–water partition coefficient (Wildman–Crippen LogP) is 3.28. The molecule has 1 rings (SSSR count). The maximum atomic E-state index is 5.59. The van der Waals surface area contributed by atoms with E-state index < -0.39 is 0 Å². The highest BCUT2D eigenvalue weighted by Gasteiger charge is 2.19. The van der Waals surface area contributed by atoms with Gasteiger partial charge in [-0.25, -0.2) is 0 Å². The zero-order chi connectivity index (χ0) is 11.6. The summed E-state index contributed by atoms with van der Waals surface area (Å²) >= 11 is 0. The smallest absolute Gasteiger partial charge is 0.0686 e. The number of nitrogens with one attached hydrogen (secondary N) is 1. The second-order valence-electron chi connectivity index (χ2n) is 4.87. The van der Waals surface area contributed by atoms with E-state index in [4.69, 9.17) is 4.74 Å². The van der Waals surface area contributed by atoms with E-state index >= 15 is 0 Å². The summed E-state index contributed by atoms with van der Waals surface area (Å²) in [4.78, 5) is 0. The third-order valence-electron chi connectivity index (χ3n) is 2.92. The lowest BCUT2D eigenvalue weighted by atomic mass is 10.2. The van der Waals surface area contributed by atoms with Crippen LogP contribution >= 0.6 is 0 Å². The van der Waals surface area contributed by atoms with Crippen LogP contribution in [0.4, 0.5) is 0 Å². The van der Waals surface area contributed by atoms with Gasteiger partial charge >= 0.3 is 0 Å². The largest absolute Gasteiger partial charge is 0.377 e. The van der Waals surface area contributed by atoms with Crippen LogP contribution in [0.3, 0.4) is 0 Å². The van der Waals surface area contributed by atoms with Crippen LogP contribution in [0.15, 0.2) is 12.2 Å². The van der Waals surface area contributed by atoms with Gasteiger partial charge in [-0.15, -0.1) is 0 Å². The van der Waals surface area contributed by atoms with Crippen LogP contribution in [0.1, 0.15) is 51.9 Å². The molecule has 0 bridgehead atoms. The monoisotopic (exact) mass is 225 g/mol. The molecule has 94 valence electrons. The quantitative estimate of drug-likeness (QED) is 0.430. The average molecular weight is 225 g/mol. The predicted molar refractivity (Wildman–Crippen MR) is 69.7 cm³/mol. The highest BCUT2D eigenvalue weighted by molar-refractivity contribution is 4.99. The lowest BCUT2D eigenvalue weighted by Crippen LogP contribution is -2.20. The highest BCUT2D eigenvalue weighted by Crippen LogP contribution is 2.18. The fourth-order valence-corrected chi connectivity index (χ4v) is 1.65. The van der Waals surface area contributed by atoms with Gasteiger partial charge in [0, 0.05) is 19.2 Å². The molecule has 16 heavy (non-hydrogen) atoms. The highest BCUT2D eigenvalue weighted by atomic mass is 16.5. The molecule has 1 aliphatic carbocycles. The Bertz CT molecular complexity index is 187. The van der Waals surface area contributed by atoms with Gasteiger partial charge in [-0.3, -0.25) is 0 Å². The van der Waals surface area contributed by atoms with Crippen LogP contribution in [0.25, 0.3) is 0 Å². The Morgan fingerprint density at radius 2 is 2.00 bits per heavy atom. The van der Waals surface area contributed by atoms with Crippen molar-refractivity contribution < 1.29 is 4.74 Å². The van der Waals surface area contributed by atoms with E-state index in [2.05, 4.69) is 18.8 Å². The summed E-state index contributed by atoms with van der Waals surface area (Å²) in [5.41, 5.74) is 1.18. The number of hydrogen-bond donors (Lipinski definition) is 1. The van der Waals surface area contributed by atoms with Gasteiger partial charge in [0.1, 0.15) is 0 Å². The molecule has 0 aromatic rings. The Kier molecular flexibility index (Phi) is 7.52. The Balaban J connectivity index is 1.76. The van der Waals surface area contributed by atoms with Crippen molar-refractivity contribution in [2.45, 2.75) is 57.9 Å². The minimum atomic E-state index is 0.730. The molecular formula is C14H27NO. The Morgan fingerprint density at radius 3 is 2.69 bits per heavy atom. The number of rotatable bonds is 11. The Labute approximate surface area is 100 Å². The molecule has 0 aromatic heterocycles. The maximum Gasteiger partial charge on any atom is 0.0686 e. The van der Waals surface area contributed by atoms with Crippen molar-refractivity contribution in [1.29, 1.82) is 0 Å². The molecule has 0 amide bonds. The van der Waals surface area contributed by atoms with Crippen molar-refractivity contribution in [2.24, 2.45) is 0 Å². The fraction of sp³-hybridized carbons (Fsp3) is 0.857. The van der Waals surface area contributed by atoms with Gasteiger partial charge in [0.2, 0.25) is 0 Å². The van der Waals surface area contributed by atoms with Crippen molar-refractivity contribution in [1.82, 2.24) is 5.32 Å². The van der Waals surface area contributed by atoms with Gasteiger partial charge < -0.3 is 10.1 Å². The second kappa shape index (κ2) is 8.77. The lowest BCUT2D eigenvalue weighted by Gasteiger charge is -2.08. The van der Waals surface area contributed by atoms with Crippen molar-refractivity contribution in [3.8, 4) is 0 Å². The third-order valence-corrected chi connectivity index (χ3v) is 2.92. The van der Waals surface area contributed by atoms with Gasteiger partial charge in [0.15, 0.2) is 0 Å². The van der Waals surface area contributed by atoms with E-state index in [0.717, 1.165) is 25.8 Å². The Morgan fingerprint density at radius 1 is 1.25 bits per heavy atom. The zero-order valence-corrected chi connectivity index (χ0v) is 10.8. The molecule has 2 nitrogen and oxygen atoms in total. The van der Waals surface area contributed by atoms with Gasteiger partial charge in [0.25, 0.3) is 0 Å². The molecule has 1 N–H and O–H groups in total. The normalized spacial score (nSPS) is 15.3. The van der Waals surface area contributed by atoms with Crippen LogP contribution in [-0.2, 0) is 4.74 Å². The van der Waals surface area contributed by atoms with Crippen LogP contribution in [-0.4, -0.2) is 25.8 Å². The first-order valence-electron chi connectivity index (χ1n) is 6.80. The standard InChI is InChI=1S/C14H27NO/c1-3-4-5-6-7-10-16-12-13(2)11-15-14-8-9-14/h14-15H,2-12H2,1H3. The van der Waals surface area contributed by atoms with Crippen molar-refractivity contribution >= 4 is 0 Å². The molecule has 0 atom stereocenters. The van der Waals surface area contributed by atoms with E-state index in [1.165, 1.54) is 50.5 Å². The van der Waals surface area contributed by atoms with Crippen LogP contribution in [0, 0.1) is 0 Å². The van der Waals surface area contributed by atoms with Crippen LogP contribution < -0.4 is 5.32 Å². The molecule has 1 aliphatic rings. The summed E-state index contributed by atoms with van der Waals surface area (Å²) in [6.07, 6.45) is 9.20. The van der Waals surface area contributed by atoms with Crippen molar-refractivity contribution in [3.63, 3.8) is 0 Å². The average Bonchev–Trinajstić information content (AvgIpc) is 3.09. The molecule has 0 unspecified atom stereocenters. The van der Waals surface area contributed by atoms with E-state index in [1.54, 1.807) is 0 Å². The summed E-state index contributed by atoms with van der Waals surface area (Å²) < 4.78 is 5.59. The number of hydrogen-bond acceptors (Lipinski definition) is 2. The Hall–Kier alpha value is -0.340. The molecule has 0 heterocycles. The summed E-state index contributed by atoms with van der Waals surface area (Å²) in [6.45, 7) is 8.81. The van der Waals surface area contributed by atoms with Crippen molar-refractivity contribution in [3.05, 3.63) is 12.2 Å². The van der Waals surface area contributed by atoms with Crippen molar-refractivity contribution in [2.75, 3.05) is 19.8 Å². The molecule has 0 radical (unpaired) electrons. The first-order valence-corrected chi connectivity index (χ1v) is 6.80. The van der Waals surface area contributed by atoms with Gasteiger partial charge in [-0.2, -0.15) is 0 Å². The summed E-state index contributed by atoms with van der Waals surface area (Å²) in [5.74, 6) is 0. The first kappa shape index (κ1) is 13.7. The van der Waals surface area contributed by atoms with Crippen LogP contribution in [0.2, 0.25) is 0 Å². The molecular weight excluding hydrogens is 198 g/mol. The minimum absolute atomic E-state index is 0.730. The third kappa shape index (κ3) is 7.89. The van der Waals surface area contributed by atoms with Gasteiger partial charge in [0.05, 0.1) is 6.61 Å². The lowest BCUT2D eigenvalue weighted by molar-refractivity contribution is 0.150. The maximum absolute atomic E-state index is 5.59. The molecule has 0 aromatic carbocycles. The molecule has 1 fully saturated rings. The summed E-state index contributed by atoms with van der Waals surface area (Å²) in [6, 6.07) is 0.769. The van der Waals surface area contributed by atoms with E-state index in [0.29, 0.717) is 0 Å². The summed E-state index contributed by atoms with van der Waals surface area (Å²) in [5, 5.41) is 3.45. The van der Waals surface area contributed by atoms with E-state index in [-0.39, 0.29) is 0 Å². The minimum Gasteiger partial charge on any atom is -0.377 e. The fourth-order valence-electron chi connectivity index (χ4n) is 1.65. The van der Waals surface area contributed by atoms with E-state index in [9.17, 15) is 0 Å². The molecule has 0 saturated heterocycles. The topological polar surface area (TPSA) is 21.3 Å². The van der Waals surface area contributed by atoms with Gasteiger partial charge in [-0.1, -0.05) is 39.2 Å². The molecule has 2 heteroatoms. The summed E-state index contributed by atoms with van der Waals surface area (Å²) in [7, 11) is 0. The van der Waals surface area contributed by atoms with Crippen LogP contribution in [0.5, 0.6) is 0 Å². The van der Waals surface area contributed by atoms with Gasteiger partial charge in [-0.05, 0) is 24.8 Å². The molecule has 0 spiro atoms. The molecule has 0 aliphatic heterocycles.